The predicted molar refractivity (Wildman–Crippen MR) is 114 cm³/mol. The molecule has 0 bridgehead atoms. The van der Waals surface area contributed by atoms with Crippen molar-refractivity contribution >= 4 is 5.78 Å². The highest BCUT2D eigenvalue weighted by Gasteiger charge is 2.50. The summed E-state index contributed by atoms with van der Waals surface area (Å²) in [5, 5.41) is 0. The van der Waals surface area contributed by atoms with Crippen molar-refractivity contribution in [2.24, 2.45) is 0 Å². The van der Waals surface area contributed by atoms with Gasteiger partial charge in [0.1, 0.15) is 5.78 Å². The number of carbonyl (C=O) groups is 1. The van der Waals surface area contributed by atoms with Gasteiger partial charge in [-0.25, -0.2) is 0 Å². The average Bonchev–Trinajstić information content (AvgIpc) is 3.34. The third kappa shape index (κ3) is 2.11. The Labute approximate surface area is 166 Å². The van der Waals surface area contributed by atoms with Crippen molar-refractivity contribution in [3.05, 3.63) is 82.9 Å². The largest absolute Gasteiger partial charge is 0.298 e. The van der Waals surface area contributed by atoms with Gasteiger partial charge in [0.05, 0.1) is 5.41 Å². The first-order valence-electron chi connectivity index (χ1n) is 10.6. The van der Waals surface area contributed by atoms with E-state index < -0.39 is 0 Å². The second kappa shape index (κ2) is 5.91. The molecule has 0 amide bonds. The monoisotopic (exact) mass is 364 g/mol. The molecule has 6 rings (SSSR count). The molecule has 1 heteroatoms. The lowest BCUT2D eigenvalue weighted by atomic mass is 9.71. The quantitative estimate of drug-likeness (QED) is 0.513. The first-order chi connectivity index (χ1) is 13.8. The van der Waals surface area contributed by atoms with Gasteiger partial charge in [-0.2, -0.15) is 0 Å². The number of hydrogen-bond acceptors (Lipinski definition) is 1. The first kappa shape index (κ1) is 16.3. The van der Waals surface area contributed by atoms with Gasteiger partial charge in [-0.15, -0.1) is 0 Å². The van der Waals surface area contributed by atoms with Gasteiger partial charge in [-0.05, 0) is 76.3 Å². The molecule has 1 saturated carbocycles. The molecule has 0 saturated heterocycles. The van der Waals surface area contributed by atoms with Crippen molar-refractivity contribution in [2.45, 2.75) is 50.4 Å². The van der Waals surface area contributed by atoms with Crippen LogP contribution in [-0.2, 0) is 29.5 Å². The zero-order chi connectivity index (χ0) is 18.7. The van der Waals surface area contributed by atoms with E-state index in [1.54, 1.807) is 0 Å². The molecule has 1 spiro atoms. The Morgan fingerprint density at radius 2 is 1.50 bits per heavy atom. The maximum atomic E-state index is 13.2. The van der Waals surface area contributed by atoms with E-state index in [9.17, 15) is 4.79 Å². The van der Waals surface area contributed by atoms with Gasteiger partial charge in [0.25, 0.3) is 0 Å². The Morgan fingerprint density at radius 3 is 2.32 bits per heavy atom. The van der Waals surface area contributed by atoms with Crippen LogP contribution < -0.4 is 0 Å². The van der Waals surface area contributed by atoms with E-state index in [0.29, 0.717) is 12.2 Å². The molecule has 3 aliphatic carbocycles. The summed E-state index contributed by atoms with van der Waals surface area (Å²) in [5.74, 6) is 0.478. The number of fused-ring (bicyclic) bond motifs is 6. The Kier molecular flexibility index (Phi) is 3.44. The van der Waals surface area contributed by atoms with Crippen molar-refractivity contribution in [2.75, 3.05) is 0 Å². The fourth-order valence-electron chi connectivity index (χ4n) is 6.17. The third-order valence-corrected chi connectivity index (χ3v) is 7.35. The van der Waals surface area contributed by atoms with Crippen LogP contribution in [0.5, 0.6) is 0 Å². The van der Waals surface area contributed by atoms with Crippen molar-refractivity contribution in [1.82, 2.24) is 0 Å². The molecule has 3 aliphatic rings. The van der Waals surface area contributed by atoms with Crippen LogP contribution in [0.25, 0.3) is 22.3 Å². The molecule has 28 heavy (non-hydrogen) atoms. The van der Waals surface area contributed by atoms with Crippen LogP contribution in [0.2, 0.25) is 0 Å². The molecule has 138 valence electrons. The van der Waals surface area contributed by atoms with Gasteiger partial charge in [0.2, 0.25) is 0 Å². The molecular formula is C27H24O. The SMILES string of the molecule is O=C1Cc2cc(-c3ccccc3)c3c(c2C12CCCC2)CCc1ccccc1-3. The Hall–Kier alpha value is -2.67. The van der Waals surface area contributed by atoms with Gasteiger partial charge in [0.15, 0.2) is 0 Å². The zero-order valence-corrected chi connectivity index (χ0v) is 16.1. The number of rotatable bonds is 1. The van der Waals surface area contributed by atoms with Gasteiger partial charge < -0.3 is 0 Å². The van der Waals surface area contributed by atoms with Crippen molar-refractivity contribution in [3.8, 4) is 22.3 Å². The molecule has 3 aromatic rings. The van der Waals surface area contributed by atoms with E-state index >= 15 is 0 Å². The number of benzene rings is 3. The summed E-state index contributed by atoms with van der Waals surface area (Å²) in [6, 6.07) is 22.0. The summed E-state index contributed by atoms with van der Waals surface area (Å²) >= 11 is 0. The van der Waals surface area contributed by atoms with Gasteiger partial charge in [0, 0.05) is 6.42 Å². The number of Topliss-reactive ketones (excluding diaryl/α,β-unsaturated/α-hetero) is 1. The van der Waals surface area contributed by atoms with Gasteiger partial charge in [-0.3, -0.25) is 4.79 Å². The maximum Gasteiger partial charge on any atom is 0.147 e. The van der Waals surface area contributed by atoms with Crippen LogP contribution in [-0.4, -0.2) is 5.78 Å². The van der Waals surface area contributed by atoms with Crippen molar-refractivity contribution in [1.29, 1.82) is 0 Å². The van der Waals surface area contributed by atoms with Gasteiger partial charge >= 0.3 is 0 Å². The zero-order valence-electron chi connectivity index (χ0n) is 16.1. The highest BCUT2D eigenvalue weighted by atomic mass is 16.1. The fraction of sp³-hybridized carbons (Fsp3) is 0.296. The number of aryl methyl sites for hydroxylation is 1. The van der Waals surface area contributed by atoms with E-state index in [-0.39, 0.29) is 5.41 Å². The molecule has 0 unspecified atom stereocenters. The standard InChI is InChI=1S/C27H24O/c28-24-17-20-16-23(18-8-2-1-3-9-18)25-21-11-5-4-10-19(21)12-13-22(25)26(20)27(24)14-6-7-15-27/h1-5,8-11,16H,6-7,12-15,17H2. The van der Waals surface area contributed by atoms with Crippen molar-refractivity contribution in [3.63, 3.8) is 0 Å². The number of hydrogen-bond donors (Lipinski definition) is 0. The first-order valence-corrected chi connectivity index (χ1v) is 10.6. The lowest BCUT2D eigenvalue weighted by molar-refractivity contribution is -0.122. The smallest absolute Gasteiger partial charge is 0.147 e. The molecule has 0 radical (unpaired) electrons. The number of carbonyl (C=O) groups excluding carboxylic acids is 1. The van der Waals surface area contributed by atoms with Crippen LogP contribution >= 0.6 is 0 Å². The molecule has 0 heterocycles. The molecule has 0 aliphatic heterocycles. The van der Waals surface area contributed by atoms with Crippen LogP contribution in [0.3, 0.4) is 0 Å². The molecule has 3 aromatic carbocycles. The predicted octanol–water partition coefficient (Wildman–Crippen LogP) is 6.06. The normalized spacial score (nSPS) is 18.8. The summed E-state index contributed by atoms with van der Waals surface area (Å²) in [7, 11) is 0. The summed E-state index contributed by atoms with van der Waals surface area (Å²) in [6.45, 7) is 0. The molecule has 1 fully saturated rings. The molecule has 0 N–H and O–H groups in total. The summed E-state index contributed by atoms with van der Waals surface area (Å²) in [4.78, 5) is 13.2. The Morgan fingerprint density at radius 1 is 0.750 bits per heavy atom. The van der Waals surface area contributed by atoms with Crippen LogP contribution in [0.4, 0.5) is 0 Å². The summed E-state index contributed by atoms with van der Waals surface area (Å²) in [5.41, 5.74) is 10.8. The summed E-state index contributed by atoms with van der Waals surface area (Å²) in [6.07, 6.45) is 7.26. The Bertz CT molecular complexity index is 1100. The minimum absolute atomic E-state index is 0.180. The second-order valence-corrected chi connectivity index (χ2v) is 8.72. The minimum atomic E-state index is -0.180. The van der Waals surface area contributed by atoms with E-state index in [4.69, 9.17) is 0 Å². The van der Waals surface area contributed by atoms with Crippen molar-refractivity contribution < 1.29 is 4.79 Å². The lowest BCUT2D eigenvalue weighted by Gasteiger charge is -2.31. The fourth-order valence-corrected chi connectivity index (χ4v) is 6.17. The molecule has 1 nitrogen and oxygen atoms in total. The number of ketones is 1. The topological polar surface area (TPSA) is 17.1 Å². The average molecular weight is 364 g/mol. The van der Waals surface area contributed by atoms with Crippen LogP contribution in [0.1, 0.15) is 47.9 Å². The maximum absolute atomic E-state index is 13.2. The summed E-state index contributed by atoms with van der Waals surface area (Å²) < 4.78 is 0. The lowest BCUT2D eigenvalue weighted by Crippen LogP contribution is -2.30. The van der Waals surface area contributed by atoms with Gasteiger partial charge in [-0.1, -0.05) is 67.4 Å². The molecule has 0 aromatic heterocycles. The van der Waals surface area contributed by atoms with E-state index in [1.807, 2.05) is 0 Å². The highest BCUT2D eigenvalue weighted by molar-refractivity contribution is 6.01. The molecule has 0 atom stereocenters. The second-order valence-electron chi connectivity index (χ2n) is 8.72. The molecular weight excluding hydrogens is 340 g/mol. The van der Waals surface area contributed by atoms with Crippen LogP contribution in [0.15, 0.2) is 60.7 Å². The van der Waals surface area contributed by atoms with E-state index in [1.165, 1.54) is 57.3 Å². The van der Waals surface area contributed by atoms with Crippen LogP contribution in [0, 0.1) is 0 Å². The highest BCUT2D eigenvalue weighted by Crippen LogP contribution is 2.54. The van der Waals surface area contributed by atoms with E-state index in [2.05, 4.69) is 60.7 Å². The minimum Gasteiger partial charge on any atom is -0.298 e. The Balaban J connectivity index is 1.71. The van der Waals surface area contributed by atoms with E-state index in [0.717, 1.165) is 25.7 Å². The third-order valence-electron chi connectivity index (χ3n) is 7.35.